The van der Waals surface area contributed by atoms with E-state index in [4.69, 9.17) is 9.84 Å². The van der Waals surface area contributed by atoms with Gasteiger partial charge in [-0.15, -0.1) is 0 Å². The van der Waals surface area contributed by atoms with Crippen molar-refractivity contribution in [2.24, 2.45) is 0 Å². The molecule has 0 unspecified atom stereocenters. The molecule has 1 rings (SSSR count). The lowest BCUT2D eigenvalue weighted by Crippen LogP contribution is -2.33. The van der Waals surface area contributed by atoms with E-state index in [1.807, 2.05) is 30.3 Å². The number of carbonyl (C=O) groups excluding carboxylic acids is 1. The molecule has 0 fully saturated rings. The highest BCUT2D eigenvalue weighted by atomic mass is 16.5. The molecule has 4 nitrogen and oxygen atoms in total. The fourth-order valence-electron chi connectivity index (χ4n) is 1.29. The first kappa shape index (κ1) is 11.7. The van der Waals surface area contributed by atoms with E-state index < -0.39 is 0 Å². The molecule has 0 radical (unpaired) electrons. The van der Waals surface area contributed by atoms with Gasteiger partial charge in [0.25, 0.3) is 0 Å². The predicted molar refractivity (Wildman–Crippen MR) is 56.3 cm³/mol. The number of carbonyl (C=O) groups is 1. The molecule has 1 aromatic carbocycles. The van der Waals surface area contributed by atoms with E-state index in [1.54, 1.807) is 0 Å². The molecule has 1 atom stereocenters. The molecular formula is C11H15NO3. The number of hydrogen-bond donors (Lipinski definition) is 2. The third kappa shape index (κ3) is 3.69. The van der Waals surface area contributed by atoms with Gasteiger partial charge in [-0.3, -0.25) is 4.79 Å². The van der Waals surface area contributed by atoms with Crippen molar-refractivity contribution in [3.63, 3.8) is 0 Å². The SMILES string of the molecule is COCC(=O)N[C@@H](CO)c1ccccc1. The molecule has 0 spiro atoms. The van der Waals surface area contributed by atoms with Crippen molar-refractivity contribution in [1.29, 1.82) is 0 Å². The first-order valence-electron chi connectivity index (χ1n) is 4.72. The van der Waals surface area contributed by atoms with Crippen molar-refractivity contribution >= 4 is 5.91 Å². The van der Waals surface area contributed by atoms with E-state index in [9.17, 15) is 4.79 Å². The molecule has 0 aliphatic heterocycles. The Kier molecular flexibility index (Phi) is 4.80. The Morgan fingerprint density at radius 2 is 2.13 bits per heavy atom. The number of amides is 1. The van der Waals surface area contributed by atoms with Crippen molar-refractivity contribution in [2.45, 2.75) is 6.04 Å². The quantitative estimate of drug-likeness (QED) is 0.741. The zero-order chi connectivity index (χ0) is 11.1. The Bertz CT molecular complexity index is 300. The lowest BCUT2D eigenvalue weighted by Gasteiger charge is -2.16. The molecule has 1 amide bonds. The van der Waals surface area contributed by atoms with Crippen LogP contribution in [0.5, 0.6) is 0 Å². The number of rotatable bonds is 5. The molecule has 2 N–H and O–H groups in total. The Balaban J connectivity index is 2.61. The minimum atomic E-state index is -0.367. The van der Waals surface area contributed by atoms with Crippen LogP contribution in [0.1, 0.15) is 11.6 Å². The highest BCUT2D eigenvalue weighted by molar-refractivity contribution is 5.77. The van der Waals surface area contributed by atoms with Gasteiger partial charge in [0.1, 0.15) is 6.61 Å². The molecule has 0 saturated carbocycles. The zero-order valence-corrected chi connectivity index (χ0v) is 8.64. The minimum absolute atomic E-state index is 0.00331. The van der Waals surface area contributed by atoms with Gasteiger partial charge in [0, 0.05) is 7.11 Å². The largest absolute Gasteiger partial charge is 0.394 e. The summed E-state index contributed by atoms with van der Waals surface area (Å²) in [5, 5.41) is 11.8. The summed E-state index contributed by atoms with van der Waals surface area (Å²) >= 11 is 0. The number of ether oxygens (including phenoxy) is 1. The summed E-state index contributed by atoms with van der Waals surface area (Å²) in [4.78, 5) is 11.2. The molecule has 82 valence electrons. The molecule has 15 heavy (non-hydrogen) atoms. The lowest BCUT2D eigenvalue weighted by molar-refractivity contribution is -0.125. The molecule has 0 bridgehead atoms. The molecule has 0 heterocycles. The van der Waals surface area contributed by atoms with Crippen LogP contribution in [0.15, 0.2) is 30.3 Å². The number of nitrogens with one attached hydrogen (secondary N) is 1. The zero-order valence-electron chi connectivity index (χ0n) is 8.64. The van der Waals surface area contributed by atoms with Gasteiger partial charge in [0.15, 0.2) is 0 Å². The van der Waals surface area contributed by atoms with Crippen LogP contribution < -0.4 is 5.32 Å². The minimum Gasteiger partial charge on any atom is -0.394 e. The van der Waals surface area contributed by atoms with Crippen molar-refractivity contribution < 1.29 is 14.6 Å². The van der Waals surface area contributed by atoms with E-state index in [-0.39, 0.29) is 25.2 Å². The Labute approximate surface area is 88.9 Å². The van der Waals surface area contributed by atoms with Crippen LogP contribution in [-0.4, -0.2) is 31.3 Å². The van der Waals surface area contributed by atoms with Crippen molar-refractivity contribution in [2.75, 3.05) is 20.3 Å². The fraction of sp³-hybridized carbons (Fsp3) is 0.364. The Morgan fingerprint density at radius 3 is 2.67 bits per heavy atom. The number of benzene rings is 1. The van der Waals surface area contributed by atoms with Crippen molar-refractivity contribution in [3.8, 4) is 0 Å². The second-order valence-corrected chi connectivity index (χ2v) is 3.15. The summed E-state index contributed by atoms with van der Waals surface area (Å²) in [6.45, 7) is -0.122. The third-order valence-corrected chi connectivity index (χ3v) is 2.00. The van der Waals surface area contributed by atoms with Gasteiger partial charge >= 0.3 is 0 Å². The maximum absolute atomic E-state index is 11.2. The number of aliphatic hydroxyl groups excluding tert-OH is 1. The van der Waals surface area contributed by atoms with E-state index >= 15 is 0 Å². The van der Waals surface area contributed by atoms with E-state index in [2.05, 4.69) is 5.32 Å². The first-order valence-corrected chi connectivity index (χ1v) is 4.72. The lowest BCUT2D eigenvalue weighted by atomic mass is 10.1. The topological polar surface area (TPSA) is 58.6 Å². The summed E-state index contributed by atoms with van der Waals surface area (Å²) in [5.41, 5.74) is 0.879. The first-order chi connectivity index (χ1) is 7.27. The molecular weight excluding hydrogens is 194 g/mol. The van der Waals surface area contributed by atoms with Crippen LogP contribution in [0.3, 0.4) is 0 Å². The molecule has 0 aliphatic carbocycles. The van der Waals surface area contributed by atoms with Crippen molar-refractivity contribution in [3.05, 3.63) is 35.9 Å². The molecule has 4 heteroatoms. The van der Waals surface area contributed by atoms with E-state index in [0.29, 0.717) is 0 Å². The van der Waals surface area contributed by atoms with Crippen LogP contribution >= 0.6 is 0 Å². The number of methoxy groups -OCH3 is 1. The standard InChI is InChI=1S/C11H15NO3/c1-15-8-11(14)12-10(7-13)9-5-3-2-4-6-9/h2-6,10,13H,7-8H2,1H3,(H,12,14)/t10-/m0/s1. The van der Waals surface area contributed by atoms with Gasteiger partial charge in [-0.1, -0.05) is 30.3 Å². The number of aliphatic hydroxyl groups is 1. The predicted octanol–water partition coefficient (Wildman–Crippen LogP) is 0.483. The molecule has 0 saturated heterocycles. The van der Waals surface area contributed by atoms with Gasteiger partial charge in [-0.2, -0.15) is 0 Å². The molecule has 1 aromatic rings. The van der Waals surface area contributed by atoms with Gasteiger partial charge in [0.2, 0.25) is 5.91 Å². The van der Waals surface area contributed by atoms with E-state index in [0.717, 1.165) is 5.56 Å². The fourth-order valence-corrected chi connectivity index (χ4v) is 1.29. The average molecular weight is 209 g/mol. The highest BCUT2D eigenvalue weighted by Crippen LogP contribution is 2.10. The van der Waals surface area contributed by atoms with Crippen molar-refractivity contribution in [1.82, 2.24) is 5.32 Å². The van der Waals surface area contributed by atoms with Gasteiger partial charge in [0.05, 0.1) is 12.6 Å². The Hall–Kier alpha value is -1.39. The number of hydrogen-bond acceptors (Lipinski definition) is 3. The normalized spacial score (nSPS) is 12.1. The van der Waals surface area contributed by atoms with Crippen LogP contribution in [0.4, 0.5) is 0 Å². The Morgan fingerprint density at radius 1 is 1.47 bits per heavy atom. The summed E-state index contributed by atoms with van der Waals surface area (Å²) in [7, 11) is 1.45. The molecule has 0 aliphatic rings. The maximum Gasteiger partial charge on any atom is 0.246 e. The van der Waals surface area contributed by atoms with Gasteiger partial charge in [-0.05, 0) is 5.56 Å². The average Bonchev–Trinajstić information content (AvgIpc) is 2.27. The third-order valence-electron chi connectivity index (χ3n) is 2.00. The summed E-state index contributed by atoms with van der Waals surface area (Å²) in [6, 6.07) is 8.95. The summed E-state index contributed by atoms with van der Waals surface area (Å²) in [5.74, 6) is -0.236. The second-order valence-electron chi connectivity index (χ2n) is 3.15. The smallest absolute Gasteiger partial charge is 0.246 e. The maximum atomic E-state index is 11.2. The summed E-state index contributed by atoms with van der Waals surface area (Å²) in [6.07, 6.45) is 0. The monoisotopic (exact) mass is 209 g/mol. The molecule has 0 aromatic heterocycles. The van der Waals surface area contributed by atoms with Crippen LogP contribution in [0.2, 0.25) is 0 Å². The second kappa shape index (κ2) is 6.16. The van der Waals surface area contributed by atoms with Crippen LogP contribution in [-0.2, 0) is 9.53 Å². The van der Waals surface area contributed by atoms with Crippen LogP contribution in [0.25, 0.3) is 0 Å². The van der Waals surface area contributed by atoms with E-state index in [1.165, 1.54) is 7.11 Å². The van der Waals surface area contributed by atoms with Gasteiger partial charge in [-0.25, -0.2) is 0 Å². The van der Waals surface area contributed by atoms with Crippen LogP contribution in [0, 0.1) is 0 Å². The summed E-state index contributed by atoms with van der Waals surface area (Å²) < 4.78 is 4.69. The van der Waals surface area contributed by atoms with Gasteiger partial charge < -0.3 is 15.2 Å². The highest BCUT2D eigenvalue weighted by Gasteiger charge is 2.12.